The molecule has 5 heteroatoms. The van der Waals surface area contributed by atoms with Gasteiger partial charge >= 0.3 is 0 Å². The molecule has 0 atom stereocenters. The molecule has 2 heterocycles. The van der Waals surface area contributed by atoms with Gasteiger partial charge in [0.25, 0.3) is 0 Å². The summed E-state index contributed by atoms with van der Waals surface area (Å²) in [5, 5.41) is 4.49. The van der Waals surface area contributed by atoms with Crippen LogP contribution in [0.3, 0.4) is 0 Å². The molecule has 0 saturated carbocycles. The molecule has 1 fully saturated rings. The topological polar surface area (TPSA) is 31.4 Å². The van der Waals surface area contributed by atoms with Crippen molar-refractivity contribution >= 4 is 16.5 Å². The molecule has 1 aromatic rings. The number of hydrogen-bond acceptors (Lipinski definition) is 5. The lowest BCUT2D eigenvalue weighted by molar-refractivity contribution is 0.249. The third kappa shape index (κ3) is 3.96. The molecule has 4 nitrogen and oxygen atoms in total. The van der Waals surface area contributed by atoms with Crippen molar-refractivity contribution in [3.63, 3.8) is 0 Å². The van der Waals surface area contributed by atoms with Crippen molar-refractivity contribution in [2.45, 2.75) is 51.6 Å². The molecule has 1 saturated heterocycles. The molecular weight excluding hydrogens is 280 g/mol. The standard InChI is InChI=1S/C16H30N4S/c1-16(2,3)14-13(11-17-4)21-15(18-14)20-9-7-12(8-10-20)19(5)6/h12,17H,7-11H2,1-6H3. The van der Waals surface area contributed by atoms with Crippen LogP contribution >= 0.6 is 11.3 Å². The van der Waals surface area contributed by atoms with Crippen LogP contribution < -0.4 is 10.2 Å². The normalized spacial score (nSPS) is 17.8. The average Bonchev–Trinajstić information content (AvgIpc) is 2.83. The predicted molar refractivity (Wildman–Crippen MR) is 92.5 cm³/mol. The second kappa shape index (κ2) is 6.63. The fourth-order valence-electron chi connectivity index (χ4n) is 2.91. The second-order valence-corrected chi connectivity index (χ2v) is 8.29. The van der Waals surface area contributed by atoms with Crippen LogP contribution in [0.1, 0.15) is 44.2 Å². The molecule has 21 heavy (non-hydrogen) atoms. The zero-order chi connectivity index (χ0) is 15.6. The number of piperidine rings is 1. The molecule has 0 bridgehead atoms. The minimum atomic E-state index is 0.114. The second-order valence-electron chi connectivity index (χ2n) is 7.23. The van der Waals surface area contributed by atoms with E-state index in [0.29, 0.717) is 0 Å². The minimum Gasteiger partial charge on any atom is -0.348 e. The first-order valence-electron chi connectivity index (χ1n) is 7.89. The number of aromatic nitrogens is 1. The monoisotopic (exact) mass is 310 g/mol. The molecule has 0 unspecified atom stereocenters. The minimum absolute atomic E-state index is 0.114. The maximum atomic E-state index is 4.98. The summed E-state index contributed by atoms with van der Waals surface area (Å²) in [6.07, 6.45) is 2.47. The Morgan fingerprint density at radius 1 is 1.29 bits per heavy atom. The first-order chi connectivity index (χ1) is 9.82. The lowest BCUT2D eigenvalue weighted by atomic mass is 9.91. The summed E-state index contributed by atoms with van der Waals surface area (Å²) in [4.78, 5) is 11.2. The molecule has 1 aliphatic rings. The molecule has 120 valence electrons. The van der Waals surface area contributed by atoms with Gasteiger partial charge in [0.1, 0.15) is 0 Å². The third-order valence-corrected chi connectivity index (χ3v) is 5.32. The van der Waals surface area contributed by atoms with E-state index in [9.17, 15) is 0 Å². The van der Waals surface area contributed by atoms with Crippen LogP contribution in [0.4, 0.5) is 5.13 Å². The zero-order valence-corrected chi connectivity index (χ0v) is 15.2. The van der Waals surface area contributed by atoms with Crippen molar-refractivity contribution in [2.24, 2.45) is 0 Å². The van der Waals surface area contributed by atoms with Crippen LogP contribution in [0.15, 0.2) is 0 Å². The number of rotatable bonds is 4. The van der Waals surface area contributed by atoms with Gasteiger partial charge in [0.05, 0.1) is 5.69 Å². The first-order valence-corrected chi connectivity index (χ1v) is 8.70. The van der Waals surface area contributed by atoms with Crippen molar-refractivity contribution in [2.75, 3.05) is 39.1 Å². The van der Waals surface area contributed by atoms with E-state index in [2.05, 4.69) is 50.0 Å². The fraction of sp³-hybridized carbons (Fsp3) is 0.812. The van der Waals surface area contributed by atoms with Crippen LogP contribution in [0.25, 0.3) is 0 Å². The molecule has 0 amide bonds. The average molecular weight is 311 g/mol. The molecule has 1 aromatic heterocycles. The highest BCUT2D eigenvalue weighted by Gasteiger charge is 2.27. The van der Waals surface area contributed by atoms with E-state index in [0.717, 1.165) is 25.7 Å². The quantitative estimate of drug-likeness (QED) is 0.926. The van der Waals surface area contributed by atoms with E-state index in [1.807, 2.05) is 18.4 Å². The molecule has 1 N–H and O–H groups in total. The van der Waals surface area contributed by atoms with Crippen molar-refractivity contribution in [3.8, 4) is 0 Å². The van der Waals surface area contributed by atoms with E-state index in [-0.39, 0.29) is 5.41 Å². The summed E-state index contributed by atoms with van der Waals surface area (Å²) in [5.41, 5.74) is 1.37. The van der Waals surface area contributed by atoms with Gasteiger partial charge in [-0.15, -0.1) is 11.3 Å². The third-order valence-electron chi connectivity index (χ3n) is 4.20. The predicted octanol–water partition coefficient (Wildman–Crippen LogP) is 2.69. The van der Waals surface area contributed by atoms with Gasteiger partial charge in [0.2, 0.25) is 0 Å². The highest BCUT2D eigenvalue weighted by Crippen LogP contribution is 2.35. The van der Waals surface area contributed by atoms with Crippen molar-refractivity contribution < 1.29 is 0 Å². The zero-order valence-electron chi connectivity index (χ0n) is 14.4. The first kappa shape index (κ1) is 16.7. The van der Waals surface area contributed by atoms with Gasteiger partial charge in [-0.3, -0.25) is 0 Å². The highest BCUT2D eigenvalue weighted by molar-refractivity contribution is 7.15. The Morgan fingerprint density at radius 2 is 1.90 bits per heavy atom. The van der Waals surface area contributed by atoms with Crippen LogP contribution in [0, 0.1) is 0 Å². The highest BCUT2D eigenvalue weighted by atomic mass is 32.1. The van der Waals surface area contributed by atoms with Crippen LogP contribution in [-0.2, 0) is 12.0 Å². The fourth-order valence-corrected chi connectivity index (χ4v) is 4.25. The van der Waals surface area contributed by atoms with Crippen LogP contribution in [0.5, 0.6) is 0 Å². The van der Waals surface area contributed by atoms with E-state index in [1.165, 1.54) is 28.5 Å². The summed E-state index contributed by atoms with van der Waals surface area (Å²) < 4.78 is 0. The molecular formula is C16H30N4S. The number of thiazole rings is 1. The van der Waals surface area contributed by atoms with Gasteiger partial charge < -0.3 is 15.1 Å². The van der Waals surface area contributed by atoms with Crippen molar-refractivity contribution in [1.82, 2.24) is 15.2 Å². The van der Waals surface area contributed by atoms with Crippen LogP contribution in [0.2, 0.25) is 0 Å². The van der Waals surface area contributed by atoms with Gasteiger partial charge in [-0.25, -0.2) is 4.98 Å². The van der Waals surface area contributed by atoms with Crippen LogP contribution in [-0.4, -0.2) is 50.2 Å². The Morgan fingerprint density at radius 3 is 2.38 bits per heavy atom. The number of nitrogens with one attached hydrogen (secondary N) is 1. The Kier molecular flexibility index (Phi) is 5.28. The maximum Gasteiger partial charge on any atom is 0.185 e. The van der Waals surface area contributed by atoms with Gasteiger partial charge in [-0.1, -0.05) is 20.8 Å². The molecule has 0 spiro atoms. The summed E-state index contributed by atoms with van der Waals surface area (Å²) >= 11 is 1.87. The Balaban J connectivity index is 2.14. The summed E-state index contributed by atoms with van der Waals surface area (Å²) in [6.45, 7) is 9.92. The molecule has 1 aliphatic heterocycles. The molecule has 0 aliphatic carbocycles. The van der Waals surface area contributed by atoms with Gasteiger partial charge in [-0.2, -0.15) is 0 Å². The van der Waals surface area contributed by atoms with Gasteiger partial charge in [0, 0.05) is 36.0 Å². The number of nitrogens with zero attached hydrogens (tertiary/aromatic N) is 3. The van der Waals surface area contributed by atoms with Crippen molar-refractivity contribution in [3.05, 3.63) is 10.6 Å². The summed E-state index contributed by atoms with van der Waals surface area (Å²) in [5.74, 6) is 0. The van der Waals surface area contributed by atoms with E-state index in [4.69, 9.17) is 4.98 Å². The smallest absolute Gasteiger partial charge is 0.185 e. The largest absolute Gasteiger partial charge is 0.348 e. The summed E-state index contributed by atoms with van der Waals surface area (Å²) in [7, 11) is 6.38. The van der Waals surface area contributed by atoms with Crippen molar-refractivity contribution in [1.29, 1.82) is 0 Å². The molecule has 0 aromatic carbocycles. The molecule has 2 rings (SSSR count). The number of hydrogen-bond donors (Lipinski definition) is 1. The van der Waals surface area contributed by atoms with Gasteiger partial charge in [0.15, 0.2) is 5.13 Å². The Bertz CT molecular complexity index is 453. The van der Waals surface area contributed by atoms with E-state index in [1.54, 1.807) is 0 Å². The maximum absolute atomic E-state index is 4.98. The summed E-state index contributed by atoms with van der Waals surface area (Å²) in [6, 6.07) is 0.722. The van der Waals surface area contributed by atoms with E-state index >= 15 is 0 Å². The molecule has 0 radical (unpaired) electrons. The lowest BCUT2D eigenvalue weighted by Crippen LogP contribution is -2.42. The SMILES string of the molecule is CNCc1sc(N2CCC(N(C)C)CC2)nc1C(C)(C)C. The lowest BCUT2D eigenvalue weighted by Gasteiger charge is -2.35. The number of anilines is 1. The van der Waals surface area contributed by atoms with E-state index < -0.39 is 0 Å². The Hall–Kier alpha value is -0.650. The Labute approximate surface area is 133 Å². The van der Waals surface area contributed by atoms with Gasteiger partial charge in [-0.05, 0) is 34.0 Å².